The van der Waals surface area contributed by atoms with Gasteiger partial charge < -0.3 is 15.4 Å². The van der Waals surface area contributed by atoms with Crippen molar-refractivity contribution in [3.8, 4) is 17.0 Å². The zero-order valence-electron chi connectivity index (χ0n) is 8.91. The summed E-state index contributed by atoms with van der Waals surface area (Å²) in [6.45, 7) is 0. The lowest BCUT2D eigenvalue weighted by Crippen LogP contribution is -1.97. The third-order valence-electron chi connectivity index (χ3n) is 2.18. The third-order valence-corrected chi connectivity index (χ3v) is 3.33. The summed E-state index contributed by atoms with van der Waals surface area (Å²) in [6.07, 6.45) is 1.02. The molecular weight excluding hydrogens is 244 g/mol. The largest absolute Gasteiger partial charge is 0.507 e. The van der Waals surface area contributed by atoms with Gasteiger partial charge in [-0.2, -0.15) is 0 Å². The van der Waals surface area contributed by atoms with Gasteiger partial charge in [-0.3, -0.25) is 0 Å². The highest BCUT2D eigenvalue weighted by Crippen LogP contribution is 2.29. The van der Waals surface area contributed by atoms with Crippen molar-refractivity contribution >= 4 is 15.7 Å². The minimum atomic E-state index is -3.45. The number of rotatable bonds is 2. The molecule has 1 aromatic heterocycles. The van der Waals surface area contributed by atoms with Crippen molar-refractivity contribution in [3.05, 3.63) is 24.3 Å². The van der Waals surface area contributed by atoms with E-state index in [2.05, 4.69) is 9.68 Å². The molecule has 0 bridgehead atoms. The van der Waals surface area contributed by atoms with Crippen LogP contribution in [0.2, 0.25) is 0 Å². The van der Waals surface area contributed by atoms with E-state index < -0.39 is 9.84 Å². The number of nitrogen functional groups attached to an aromatic ring is 1. The summed E-state index contributed by atoms with van der Waals surface area (Å²) in [5, 5.41) is 13.3. The molecule has 0 amide bonds. The molecule has 0 atom stereocenters. The standard InChI is InChI=1S/C10H10N2O4S/c1-17(14,15)9-3-2-6(4-8(9)13)7-5-10(11)16-12-7/h2-5,13H,11H2,1H3. The Morgan fingerprint density at radius 1 is 1.35 bits per heavy atom. The first-order valence-corrected chi connectivity index (χ1v) is 6.53. The van der Waals surface area contributed by atoms with E-state index in [1.807, 2.05) is 0 Å². The lowest BCUT2D eigenvalue weighted by Gasteiger charge is -2.03. The van der Waals surface area contributed by atoms with Crippen LogP contribution in [0.3, 0.4) is 0 Å². The van der Waals surface area contributed by atoms with Crippen molar-refractivity contribution in [1.29, 1.82) is 0 Å². The Hall–Kier alpha value is -2.02. The van der Waals surface area contributed by atoms with Crippen molar-refractivity contribution in [2.45, 2.75) is 4.90 Å². The molecule has 0 aliphatic heterocycles. The zero-order chi connectivity index (χ0) is 12.6. The van der Waals surface area contributed by atoms with Crippen LogP contribution in [-0.2, 0) is 9.84 Å². The average Bonchev–Trinajstić information content (AvgIpc) is 2.62. The molecule has 0 saturated carbocycles. The molecule has 0 unspecified atom stereocenters. The van der Waals surface area contributed by atoms with Gasteiger partial charge in [-0.25, -0.2) is 8.42 Å². The summed E-state index contributed by atoms with van der Waals surface area (Å²) in [5.41, 5.74) is 6.32. The molecule has 0 fully saturated rings. The maximum atomic E-state index is 11.3. The first-order chi connectivity index (χ1) is 7.88. The van der Waals surface area contributed by atoms with E-state index in [9.17, 15) is 13.5 Å². The number of nitrogens with zero attached hydrogens (tertiary/aromatic N) is 1. The number of anilines is 1. The zero-order valence-corrected chi connectivity index (χ0v) is 9.73. The Labute approximate surface area is 97.6 Å². The lowest BCUT2D eigenvalue weighted by atomic mass is 10.1. The van der Waals surface area contributed by atoms with Crippen molar-refractivity contribution in [1.82, 2.24) is 5.16 Å². The summed E-state index contributed by atoms with van der Waals surface area (Å²) in [7, 11) is -3.45. The number of benzene rings is 1. The minimum Gasteiger partial charge on any atom is -0.507 e. The van der Waals surface area contributed by atoms with E-state index in [0.717, 1.165) is 6.26 Å². The predicted octanol–water partition coefficient (Wildman–Crippen LogP) is 1.03. The summed E-state index contributed by atoms with van der Waals surface area (Å²) in [5.74, 6) is -0.182. The second kappa shape index (κ2) is 3.77. The minimum absolute atomic E-state index is 0.127. The van der Waals surface area contributed by atoms with Gasteiger partial charge in [0, 0.05) is 17.9 Å². The fraction of sp³-hybridized carbons (Fsp3) is 0.100. The lowest BCUT2D eigenvalue weighted by molar-refractivity contribution is 0.439. The van der Waals surface area contributed by atoms with E-state index in [1.165, 1.54) is 24.3 Å². The molecule has 0 aliphatic carbocycles. The summed E-state index contributed by atoms with van der Waals surface area (Å²) < 4.78 is 27.3. The molecule has 90 valence electrons. The second-order valence-corrected chi connectivity index (χ2v) is 5.55. The van der Waals surface area contributed by atoms with Gasteiger partial charge in [0.25, 0.3) is 0 Å². The first-order valence-electron chi connectivity index (χ1n) is 4.63. The third kappa shape index (κ3) is 2.23. The van der Waals surface area contributed by atoms with Gasteiger partial charge in [-0.1, -0.05) is 11.2 Å². The topological polar surface area (TPSA) is 106 Å². The molecule has 7 heteroatoms. The quantitative estimate of drug-likeness (QED) is 0.829. The molecule has 1 heterocycles. The number of nitrogens with two attached hydrogens (primary N) is 1. The first kappa shape index (κ1) is 11.5. The number of phenolic OH excluding ortho intramolecular Hbond substituents is 1. The van der Waals surface area contributed by atoms with Crippen molar-refractivity contribution in [3.63, 3.8) is 0 Å². The molecule has 0 radical (unpaired) electrons. The number of aromatic hydroxyl groups is 1. The maximum absolute atomic E-state index is 11.3. The van der Waals surface area contributed by atoms with Crippen LogP contribution in [0.4, 0.5) is 5.88 Å². The SMILES string of the molecule is CS(=O)(=O)c1ccc(-c2cc(N)on2)cc1O. The summed E-state index contributed by atoms with van der Waals surface area (Å²) in [4.78, 5) is -0.127. The van der Waals surface area contributed by atoms with Gasteiger partial charge in [0.2, 0.25) is 5.88 Å². The molecule has 2 rings (SSSR count). The van der Waals surface area contributed by atoms with Crippen molar-refractivity contribution in [2.75, 3.05) is 12.0 Å². The molecule has 0 aliphatic rings. The molecule has 6 nitrogen and oxygen atoms in total. The average molecular weight is 254 g/mol. The van der Waals surface area contributed by atoms with E-state index in [0.29, 0.717) is 11.3 Å². The van der Waals surface area contributed by atoms with Crippen LogP contribution in [0, 0.1) is 0 Å². The van der Waals surface area contributed by atoms with Crippen molar-refractivity contribution in [2.24, 2.45) is 0 Å². The van der Waals surface area contributed by atoms with Gasteiger partial charge >= 0.3 is 0 Å². The van der Waals surface area contributed by atoms with Crippen LogP contribution >= 0.6 is 0 Å². The van der Waals surface area contributed by atoms with Gasteiger partial charge in [-0.05, 0) is 12.1 Å². The monoisotopic (exact) mass is 254 g/mol. The van der Waals surface area contributed by atoms with Crippen LogP contribution in [0.1, 0.15) is 0 Å². The van der Waals surface area contributed by atoms with Crippen molar-refractivity contribution < 1.29 is 18.0 Å². The van der Waals surface area contributed by atoms with Crippen LogP contribution in [0.15, 0.2) is 33.7 Å². The summed E-state index contributed by atoms with van der Waals surface area (Å²) in [6, 6.07) is 5.61. The van der Waals surface area contributed by atoms with Gasteiger partial charge in [0.15, 0.2) is 9.84 Å². The Morgan fingerprint density at radius 2 is 2.06 bits per heavy atom. The number of hydrogen-bond donors (Lipinski definition) is 2. The van der Waals surface area contributed by atoms with Crippen LogP contribution < -0.4 is 5.73 Å². The molecule has 0 saturated heterocycles. The van der Waals surface area contributed by atoms with Crippen LogP contribution in [-0.4, -0.2) is 24.9 Å². The Balaban J connectivity index is 2.52. The normalized spacial score (nSPS) is 11.6. The van der Waals surface area contributed by atoms with Crippen LogP contribution in [0.5, 0.6) is 5.75 Å². The molecular formula is C10H10N2O4S. The number of aromatic nitrogens is 1. The van der Waals surface area contributed by atoms with Gasteiger partial charge in [0.05, 0.1) is 0 Å². The molecule has 2 aromatic rings. The Bertz CT molecular complexity index is 661. The van der Waals surface area contributed by atoms with E-state index in [1.54, 1.807) is 0 Å². The molecule has 17 heavy (non-hydrogen) atoms. The highest BCUT2D eigenvalue weighted by atomic mass is 32.2. The fourth-order valence-electron chi connectivity index (χ4n) is 1.42. The second-order valence-electron chi connectivity index (χ2n) is 3.57. The number of sulfone groups is 1. The maximum Gasteiger partial charge on any atom is 0.222 e. The highest BCUT2D eigenvalue weighted by Gasteiger charge is 2.14. The Kier molecular flexibility index (Phi) is 2.55. The number of phenols is 1. The van der Waals surface area contributed by atoms with E-state index in [4.69, 9.17) is 5.73 Å². The summed E-state index contributed by atoms with van der Waals surface area (Å²) >= 11 is 0. The van der Waals surface area contributed by atoms with E-state index >= 15 is 0 Å². The van der Waals surface area contributed by atoms with E-state index in [-0.39, 0.29) is 16.5 Å². The van der Waals surface area contributed by atoms with Gasteiger partial charge in [-0.15, -0.1) is 0 Å². The molecule has 3 N–H and O–H groups in total. The smallest absolute Gasteiger partial charge is 0.222 e. The number of hydrogen-bond acceptors (Lipinski definition) is 6. The Morgan fingerprint density at radius 3 is 2.53 bits per heavy atom. The van der Waals surface area contributed by atoms with Gasteiger partial charge in [0.1, 0.15) is 16.3 Å². The predicted molar refractivity (Wildman–Crippen MR) is 61.1 cm³/mol. The highest BCUT2D eigenvalue weighted by molar-refractivity contribution is 7.90. The fourth-order valence-corrected chi connectivity index (χ4v) is 2.17. The molecule has 1 aromatic carbocycles. The molecule has 0 spiro atoms. The van der Waals surface area contributed by atoms with Crippen LogP contribution in [0.25, 0.3) is 11.3 Å².